The summed E-state index contributed by atoms with van der Waals surface area (Å²) < 4.78 is 0. The minimum atomic E-state index is 0.0694. The zero-order valence-electron chi connectivity index (χ0n) is 6.68. The van der Waals surface area contributed by atoms with Gasteiger partial charge in [0, 0.05) is 12.0 Å². The first-order chi connectivity index (χ1) is 5.33. The summed E-state index contributed by atoms with van der Waals surface area (Å²) in [5, 5.41) is 9.17. The molecule has 1 aliphatic heterocycles. The van der Waals surface area contributed by atoms with Crippen LogP contribution in [0.2, 0.25) is 0 Å². The molecule has 4 heteroatoms. The molecule has 0 aromatic carbocycles. The van der Waals surface area contributed by atoms with E-state index in [9.17, 15) is 0 Å². The Kier molecular flexibility index (Phi) is 3.65. The number of aliphatic hydroxyl groups excluding tert-OH is 1. The summed E-state index contributed by atoms with van der Waals surface area (Å²) in [6, 6.07) is 0. The lowest BCUT2D eigenvalue weighted by molar-refractivity contribution is 0.113. The van der Waals surface area contributed by atoms with Gasteiger partial charge in [-0.25, -0.2) is 0 Å². The molecule has 1 aliphatic rings. The van der Waals surface area contributed by atoms with E-state index in [1.165, 1.54) is 0 Å². The largest absolute Gasteiger partial charge is 0.396 e. The molecule has 0 saturated carbocycles. The highest BCUT2D eigenvalue weighted by molar-refractivity contribution is 7.99. The number of hydrazine groups is 1. The monoisotopic (exact) mass is 176 g/mol. The van der Waals surface area contributed by atoms with Gasteiger partial charge in [-0.15, -0.1) is 0 Å². The van der Waals surface area contributed by atoms with Gasteiger partial charge in [-0.3, -0.25) is 11.3 Å². The molecular formula is C7H16N2OS. The Morgan fingerprint density at radius 2 is 2.09 bits per heavy atom. The highest BCUT2D eigenvalue weighted by atomic mass is 32.2. The van der Waals surface area contributed by atoms with Crippen molar-refractivity contribution in [2.45, 2.75) is 12.8 Å². The first-order valence-corrected chi connectivity index (χ1v) is 5.10. The number of hydrogen-bond donors (Lipinski definition) is 3. The average Bonchev–Trinajstić information content (AvgIpc) is 2.07. The fourth-order valence-electron chi connectivity index (χ4n) is 1.41. The van der Waals surface area contributed by atoms with E-state index in [0.29, 0.717) is 0 Å². The van der Waals surface area contributed by atoms with Crippen molar-refractivity contribution in [2.24, 2.45) is 11.3 Å². The van der Waals surface area contributed by atoms with Crippen molar-refractivity contribution in [3.63, 3.8) is 0 Å². The van der Waals surface area contributed by atoms with Crippen molar-refractivity contribution in [1.82, 2.24) is 5.43 Å². The molecule has 0 atom stereocenters. The normalized spacial score (nSPS) is 23.5. The molecule has 0 spiro atoms. The minimum Gasteiger partial charge on any atom is -0.396 e. The maximum atomic E-state index is 9.17. The molecular weight excluding hydrogens is 160 g/mol. The Bertz CT molecular complexity index is 109. The average molecular weight is 176 g/mol. The summed E-state index contributed by atoms with van der Waals surface area (Å²) in [6.07, 6.45) is 2.16. The molecule has 0 radical (unpaired) electrons. The summed E-state index contributed by atoms with van der Waals surface area (Å²) in [7, 11) is 0. The van der Waals surface area contributed by atoms with Crippen LogP contribution in [0, 0.1) is 5.41 Å². The first-order valence-electron chi connectivity index (χ1n) is 3.95. The number of hydrogen-bond acceptors (Lipinski definition) is 4. The zero-order valence-corrected chi connectivity index (χ0v) is 7.49. The maximum Gasteiger partial charge on any atom is 0.0500 e. The number of nitrogens with two attached hydrogens (primary N) is 1. The van der Waals surface area contributed by atoms with E-state index in [4.69, 9.17) is 10.9 Å². The molecule has 1 heterocycles. The van der Waals surface area contributed by atoms with E-state index >= 15 is 0 Å². The lowest BCUT2D eigenvalue weighted by atomic mass is 9.83. The topological polar surface area (TPSA) is 58.3 Å². The lowest BCUT2D eigenvalue weighted by Crippen LogP contribution is -2.42. The number of nitrogens with one attached hydrogen (secondary N) is 1. The maximum absolute atomic E-state index is 9.17. The van der Waals surface area contributed by atoms with Gasteiger partial charge in [0.15, 0.2) is 0 Å². The molecule has 3 nitrogen and oxygen atoms in total. The molecule has 0 aliphatic carbocycles. The van der Waals surface area contributed by atoms with Crippen molar-refractivity contribution >= 4 is 11.8 Å². The van der Waals surface area contributed by atoms with Crippen molar-refractivity contribution in [1.29, 1.82) is 0 Å². The van der Waals surface area contributed by atoms with Gasteiger partial charge in [0.05, 0.1) is 6.61 Å². The van der Waals surface area contributed by atoms with Crippen LogP contribution in [0.4, 0.5) is 0 Å². The first kappa shape index (κ1) is 9.32. The van der Waals surface area contributed by atoms with E-state index < -0.39 is 0 Å². The summed E-state index contributed by atoms with van der Waals surface area (Å²) in [6.45, 7) is 1.00. The Morgan fingerprint density at radius 3 is 2.55 bits per heavy atom. The third-order valence-electron chi connectivity index (χ3n) is 2.37. The van der Waals surface area contributed by atoms with E-state index in [1.54, 1.807) is 0 Å². The second-order valence-corrected chi connectivity index (χ2v) is 4.38. The predicted octanol–water partition coefficient (Wildman–Crippen LogP) is -0.0446. The number of aliphatic hydroxyl groups is 1. The Hall–Kier alpha value is 0.230. The van der Waals surface area contributed by atoms with E-state index in [0.717, 1.165) is 30.9 Å². The summed E-state index contributed by atoms with van der Waals surface area (Å²) in [5.41, 5.74) is 2.73. The van der Waals surface area contributed by atoms with Crippen LogP contribution in [0.5, 0.6) is 0 Å². The molecule has 0 aromatic heterocycles. The van der Waals surface area contributed by atoms with Crippen LogP contribution in [0.25, 0.3) is 0 Å². The van der Waals surface area contributed by atoms with E-state index in [2.05, 4.69) is 5.43 Å². The molecule has 0 amide bonds. The molecule has 1 saturated heterocycles. The fraction of sp³-hybridized carbons (Fsp3) is 1.00. The van der Waals surface area contributed by atoms with Gasteiger partial charge in [-0.05, 0) is 24.3 Å². The van der Waals surface area contributed by atoms with Gasteiger partial charge < -0.3 is 5.11 Å². The Labute approximate surface area is 71.7 Å². The fourth-order valence-corrected chi connectivity index (χ4v) is 2.77. The van der Waals surface area contributed by atoms with Crippen LogP contribution in [0.1, 0.15) is 12.8 Å². The SMILES string of the molecule is NNCC1(CO)CCSCC1. The van der Waals surface area contributed by atoms with Crippen LogP contribution >= 0.6 is 11.8 Å². The van der Waals surface area contributed by atoms with Gasteiger partial charge in [-0.1, -0.05) is 0 Å². The second kappa shape index (κ2) is 4.30. The van der Waals surface area contributed by atoms with Crippen molar-refractivity contribution < 1.29 is 5.11 Å². The smallest absolute Gasteiger partial charge is 0.0500 e. The van der Waals surface area contributed by atoms with Gasteiger partial charge in [-0.2, -0.15) is 11.8 Å². The molecule has 66 valence electrons. The highest BCUT2D eigenvalue weighted by Crippen LogP contribution is 2.33. The van der Waals surface area contributed by atoms with Crippen molar-refractivity contribution in [3.05, 3.63) is 0 Å². The third-order valence-corrected chi connectivity index (χ3v) is 3.35. The van der Waals surface area contributed by atoms with Crippen molar-refractivity contribution in [2.75, 3.05) is 24.7 Å². The standard InChI is InChI=1S/C7H16N2OS/c8-9-5-7(6-10)1-3-11-4-2-7/h9-10H,1-6,8H2. The molecule has 0 aromatic rings. The third kappa shape index (κ3) is 2.33. The minimum absolute atomic E-state index is 0.0694. The van der Waals surface area contributed by atoms with Gasteiger partial charge >= 0.3 is 0 Å². The molecule has 1 fully saturated rings. The van der Waals surface area contributed by atoms with Crippen LogP contribution in [0.3, 0.4) is 0 Å². The summed E-state index contributed by atoms with van der Waals surface area (Å²) in [4.78, 5) is 0. The van der Waals surface area contributed by atoms with Gasteiger partial charge in [0.2, 0.25) is 0 Å². The molecule has 0 bridgehead atoms. The van der Waals surface area contributed by atoms with Crippen LogP contribution < -0.4 is 11.3 Å². The molecule has 4 N–H and O–H groups in total. The van der Waals surface area contributed by atoms with Crippen LogP contribution in [-0.2, 0) is 0 Å². The van der Waals surface area contributed by atoms with E-state index in [1.807, 2.05) is 11.8 Å². The van der Waals surface area contributed by atoms with Crippen LogP contribution in [-0.4, -0.2) is 29.8 Å². The van der Waals surface area contributed by atoms with Crippen LogP contribution in [0.15, 0.2) is 0 Å². The van der Waals surface area contributed by atoms with E-state index in [-0.39, 0.29) is 12.0 Å². The number of thioether (sulfide) groups is 1. The Balaban J connectivity index is 2.42. The predicted molar refractivity (Wildman–Crippen MR) is 48.3 cm³/mol. The summed E-state index contributed by atoms with van der Waals surface area (Å²) >= 11 is 1.96. The lowest BCUT2D eigenvalue weighted by Gasteiger charge is -2.34. The molecule has 1 rings (SSSR count). The van der Waals surface area contributed by atoms with Gasteiger partial charge in [0.1, 0.15) is 0 Å². The second-order valence-electron chi connectivity index (χ2n) is 3.15. The Morgan fingerprint density at radius 1 is 1.45 bits per heavy atom. The zero-order chi connectivity index (χ0) is 8.16. The quantitative estimate of drug-likeness (QED) is 0.417. The van der Waals surface area contributed by atoms with Crippen molar-refractivity contribution in [3.8, 4) is 0 Å². The molecule has 11 heavy (non-hydrogen) atoms. The number of rotatable bonds is 3. The molecule has 0 unspecified atom stereocenters. The summed E-state index contributed by atoms with van der Waals surface area (Å²) in [5.74, 6) is 7.56. The highest BCUT2D eigenvalue weighted by Gasteiger charge is 2.30. The van der Waals surface area contributed by atoms with Gasteiger partial charge in [0.25, 0.3) is 0 Å².